The number of aryl methyl sites for hydroxylation is 1. The van der Waals surface area contributed by atoms with Crippen LogP contribution in [0.5, 0.6) is 0 Å². The number of fused-ring (bicyclic) bond motifs is 3. The van der Waals surface area contributed by atoms with Gasteiger partial charge in [-0.1, -0.05) is 30.3 Å². The van der Waals surface area contributed by atoms with Gasteiger partial charge in [-0.25, -0.2) is 14.8 Å². The molecule has 0 aliphatic heterocycles. The number of hydrogen-bond donors (Lipinski definition) is 0. The molecule has 0 radical (unpaired) electrons. The van der Waals surface area contributed by atoms with E-state index in [9.17, 15) is 18.0 Å². The Kier molecular flexibility index (Phi) is 3.18. The highest BCUT2D eigenvalue weighted by molar-refractivity contribution is 6.03. The van der Waals surface area contributed by atoms with Gasteiger partial charge in [0.05, 0.1) is 16.6 Å². The highest BCUT2D eigenvalue weighted by Crippen LogP contribution is 2.39. The van der Waals surface area contributed by atoms with Crippen LogP contribution in [0.1, 0.15) is 11.5 Å². The molecule has 5 nitrogen and oxygen atoms in total. The van der Waals surface area contributed by atoms with Gasteiger partial charge < -0.3 is 8.83 Å². The third kappa shape index (κ3) is 2.46. The van der Waals surface area contributed by atoms with Gasteiger partial charge in [0.1, 0.15) is 5.52 Å². The zero-order chi connectivity index (χ0) is 17.8. The van der Waals surface area contributed by atoms with Gasteiger partial charge in [-0.3, -0.25) is 0 Å². The van der Waals surface area contributed by atoms with Crippen molar-refractivity contribution in [1.29, 1.82) is 0 Å². The lowest BCUT2D eigenvalue weighted by molar-refractivity contribution is -0.136. The van der Waals surface area contributed by atoms with Crippen LogP contribution < -0.4 is 5.63 Å². The Balaban J connectivity index is 2.17. The molecule has 0 spiro atoms. The lowest BCUT2D eigenvalue weighted by atomic mass is 10.1. The highest BCUT2D eigenvalue weighted by atomic mass is 19.4. The normalized spacial score (nSPS) is 12.2. The molecular weight excluding hydrogens is 337 g/mol. The minimum absolute atomic E-state index is 0.0551. The fourth-order valence-electron chi connectivity index (χ4n) is 2.67. The van der Waals surface area contributed by atoms with Crippen molar-refractivity contribution in [3.8, 4) is 11.3 Å². The summed E-state index contributed by atoms with van der Waals surface area (Å²) in [6.07, 6.45) is -4.67. The standard InChI is InChI=1S/C17H9F3N2O3/c1-8-21-13-12-10(17(18,19)20)7-11(9-5-3-2-4-6-9)22-15(12)25-14(13)16(23)24-8/h2-7H,1H3. The fraction of sp³-hybridized carbons (Fsp3) is 0.118. The molecule has 4 aromatic rings. The number of alkyl halides is 3. The summed E-state index contributed by atoms with van der Waals surface area (Å²) < 4.78 is 50.9. The number of hydrogen-bond acceptors (Lipinski definition) is 5. The molecule has 3 heterocycles. The molecule has 126 valence electrons. The van der Waals surface area contributed by atoms with Crippen LogP contribution in [0.4, 0.5) is 13.2 Å². The van der Waals surface area contributed by atoms with Crippen molar-refractivity contribution in [3.63, 3.8) is 0 Å². The minimum atomic E-state index is -4.67. The second-order valence-corrected chi connectivity index (χ2v) is 5.40. The quantitative estimate of drug-likeness (QED) is 0.513. The molecule has 0 amide bonds. The topological polar surface area (TPSA) is 69.1 Å². The van der Waals surface area contributed by atoms with Crippen LogP contribution in [-0.2, 0) is 6.18 Å². The maximum Gasteiger partial charge on any atom is 0.417 e. The fourth-order valence-corrected chi connectivity index (χ4v) is 2.67. The zero-order valence-corrected chi connectivity index (χ0v) is 12.7. The predicted octanol–water partition coefficient (Wildman–Crippen LogP) is 4.32. The predicted molar refractivity (Wildman–Crippen MR) is 83.0 cm³/mol. The largest absolute Gasteiger partial charge is 0.428 e. The van der Waals surface area contributed by atoms with Crippen LogP contribution in [0, 0.1) is 6.92 Å². The number of halogens is 3. The van der Waals surface area contributed by atoms with Crippen molar-refractivity contribution in [1.82, 2.24) is 9.97 Å². The summed E-state index contributed by atoms with van der Waals surface area (Å²) in [5.74, 6) is -0.0551. The van der Waals surface area contributed by atoms with E-state index < -0.39 is 17.4 Å². The van der Waals surface area contributed by atoms with Crippen molar-refractivity contribution in [2.24, 2.45) is 0 Å². The van der Waals surface area contributed by atoms with Gasteiger partial charge in [0, 0.05) is 12.5 Å². The Bertz CT molecular complexity index is 1160. The van der Waals surface area contributed by atoms with Gasteiger partial charge in [0.2, 0.25) is 11.3 Å². The van der Waals surface area contributed by atoms with E-state index in [0.717, 1.165) is 6.07 Å². The highest BCUT2D eigenvalue weighted by Gasteiger charge is 2.36. The van der Waals surface area contributed by atoms with Crippen LogP contribution in [-0.4, -0.2) is 9.97 Å². The van der Waals surface area contributed by atoms with Gasteiger partial charge >= 0.3 is 11.8 Å². The van der Waals surface area contributed by atoms with E-state index in [4.69, 9.17) is 8.83 Å². The number of nitrogens with zero attached hydrogens (tertiary/aromatic N) is 2. The summed E-state index contributed by atoms with van der Waals surface area (Å²) in [5.41, 5.74) is -2.18. The average Bonchev–Trinajstić information content (AvgIpc) is 2.93. The van der Waals surface area contributed by atoms with E-state index in [1.165, 1.54) is 6.92 Å². The van der Waals surface area contributed by atoms with Crippen molar-refractivity contribution in [2.45, 2.75) is 13.1 Å². The van der Waals surface area contributed by atoms with E-state index in [-0.39, 0.29) is 33.8 Å². The number of benzene rings is 1. The third-order valence-corrected chi connectivity index (χ3v) is 3.71. The second-order valence-electron chi connectivity index (χ2n) is 5.40. The molecular formula is C17H9F3N2O3. The van der Waals surface area contributed by atoms with E-state index in [0.29, 0.717) is 5.56 Å². The van der Waals surface area contributed by atoms with Crippen LogP contribution in [0.15, 0.2) is 50.0 Å². The molecule has 25 heavy (non-hydrogen) atoms. The first-order chi connectivity index (χ1) is 11.8. The Morgan fingerprint density at radius 3 is 2.44 bits per heavy atom. The minimum Gasteiger partial charge on any atom is -0.428 e. The number of furan rings is 1. The summed E-state index contributed by atoms with van der Waals surface area (Å²) in [7, 11) is 0. The second kappa shape index (κ2) is 5.17. The molecule has 0 N–H and O–H groups in total. The third-order valence-electron chi connectivity index (χ3n) is 3.71. The molecule has 0 bridgehead atoms. The van der Waals surface area contributed by atoms with E-state index in [1.807, 2.05) is 0 Å². The van der Waals surface area contributed by atoms with Gasteiger partial charge in [-0.05, 0) is 6.07 Å². The zero-order valence-electron chi connectivity index (χ0n) is 12.7. The van der Waals surface area contributed by atoms with Crippen molar-refractivity contribution < 1.29 is 22.0 Å². The molecule has 0 saturated carbocycles. The summed E-state index contributed by atoms with van der Waals surface area (Å²) in [5, 5.41) is -0.349. The molecule has 0 saturated heterocycles. The number of rotatable bonds is 1. The molecule has 0 aliphatic rings. The lowest BCUT2D eigenvalue weighted by Gasteiger charge is -2.10. The Labute approximate surface area is 137 Å². The van der Waals surface area contributed by atoms with Gasteiger partial charge in [0.25, 0.3) is 0 Å². The number of aromatic nitrogens is 2. The van der Waals surface area contributed by atoms with Crippen LogP contribution in [0.2, 0.25) is 0 Å². The van der Waals surface area contributed by atoms with Crippen LogP contribution >= 0.6 is 0 Å². The molecule has 8 heteroatoms. The van der Waals surface area contributed by atoms with E-state index in [2.05, 4.69) is 9.97 Å². The Hall–Kier alpha value is -3.16. The Morgan fingerprint density at radius 1 is 1.04 bits per heavy atom. The molecule has 0 unspecified atom stereocenters. The van der Waals surface area contributed by atoms with Crippen LogP contribution in [0.25, 0.3) is 33.5 Å². The first-order valence-corrected chi connectivity index (χ1v) is 7.22. The van der Waals surface area contributed by atoms with Crippen LogP contribution in [0.3, 0.4) is 0 Å². The SMILES string of the molecule is Cc1nc2c(oc3nc(-c4ccccc4)cc(C(F)(F)F)c32)c(=O)o1. The van der Waals surface area contributed by atoms with E-state index in [1.54, 1.807) is 30.3 Å². The molecule has 1 aromatic carbocycles. The average molecular weight is 346 g/mol. The summed E-state index contributed by atoms with van der Waals surface area (Å²) >= 11 is 0. The summed E-state index contributed by atoms with van der Waals surface area (Å²) in [4.78, 5) is 19.9. The maximum atomic E-state index is 13.6. The van der Waals surface area contributed by atoms with Crippen molar-refractivity contribution in [2.75, 3.05) is 0 Å². The summed E-state index contributed by atoms with van der Waals surface area (Å²) in [6.45, 7) is 1.37. The van der Waals surface area contributed by atoms with Crippen molar-refractivity contribution >= 4 is 22.2 Å². The molecule has 3 aromatic heterocycles. The first kappa shape index (κ1) is 15.4. The maximum absolute atomic E-state index is 13.6. The Morgan fingerprint density at radius 2 is 1.76 bits per heavy atom. The van der Waals surface area contributed by atoms with Gasteiger partial charge in [-0.15, -0.1) is 0 Å². The van der Waals surface area contributed by atoms with E-state index >= 15 is 0 Å². The summed E-state index contributed by atoms with van der Waals surface area (Å²) in [6, 6.07) is 9.31. The first-order valence-electron chi connectivity index (χ1n) is 7.22. The molecule has 0 aliphatic carbocycles. The van der Waals surface area contributed by atoms with Gasteiger partial charge in [-0.2, -0.15) is 13.2 Å². The smallest absolute Gasteiger partial charge is 0.417 e. The monoisotopic (exact) mass is 346 g/mol. The molecule has 0 fully saturated rings. The van der Waals surface area contributed by atoms with Crippen molar-refractivity contribution in [3.05, 3.63) is 58.3 Å². The number of pyridine rings is 1. The molecule has 0 atom stereocenters. The lowest BCUT2D eigenvalue weighted by Crippen LogP contribution is -2.07. The van der Waals surface area contributed by atoms with Gasteiger partial charge in [0.15, 0.2) is 5.89 Å². The molecule has 4 rings (SSSR count).